The molecule has 0 unspecified atom stereocenters. The van der Waals surface area contributed by atoms with E-state index in [-0.39, 0.29) is 29.5 Å². The van der Waals surface area contributed by atoms with Gasteiger partial charge in [-0.25, -0.2) is 17.9 Å². The van der Waals surface area contributed by atoms with Gasteiger partial charge in [0.15, 0.2) is 0 Å². The van der Waals surface area contributed by atoms with Gasteiger partial charge in [-0.15, -0.1) is 0 Å². The van der Waals surface area contributed by atoms with Crippen molar-refractivity contribution in [2.45, 2.75) is 50.7 Å². The number of hydrogen-bond donors (Lipinski definition) is 1. The van der Waals surface area contributed by atoms with Crippen molar-refractivity contribution in [3.8, 4) is 0 Å². The lowest BCUT2D eigenvalue weighted by molar-refractivity contribution is -0.120. The van der Waals surface area contributed by atoms with Crippen LogP contribution in [0.4, 0.5) is 10.5 Å². The molecular weight excluding hydrogens is 500 g/mol. The molecule has 0 aromatic heterocycles. The highest BCUT2D eigenvalue weighted by molar-refractivity contribution is 9.10. The largest absolute Gasteiger partial charge is 0.444 e. The summed E-state index contributed by atoms with van der Waals surface area (Å²) in [4.78, 5) is 31.0. The number of nitrogens with zero attached hydrogens (tertiary/aromatic N) is 3. The van der Waals surface area contributed by atoms with Gasteiger partial charge in [-0.05, 0) is 74.8 Å². The fraction of sp³-hybridized carbons (Fsp3) is 0.619. The third-order valence-corrected chi connectivity index (χ3v) is 7.96. The number of sulfonamides is 1. The Morgan fingerprint density at radius 3 is 2.50 bits per heavy atom. The van der Waals surface area contributed by atoms with Gasteiger partial charge < -0.3 is 14.5 Å². The zero-order valence-corrected chi connectivity index (χ0v) is 21.5. The summed E-state index contributed by atoms with van der Waals surface area (Å²) in [6, 6.07) is 3.24. The first kappa shape index (κ1) is 24.9. The predicted octanol–water partition coefficient (Wildman–Crippen LogP) is 2.19. The number of nitrogens with one attached hydrogen (secondary N) is 1. The van der Waals surface area contributed by atoms with Crippen molar-refractivity contribution >= 4 is 43.6 Å². The number of amides is 2. The highest BCUT2D eigenvalue weighted by atomic mass is 79.9. The molecule has 2 heterocycles. The van der Waals surface area contributed by atoms with Crippen LogP contribution in [-0.2, 0) is 26.0 Å². The highest BCUT2D eigenvalue weighted by Crippen LogP contribution is 2.35. The molecule has 0 radical (unpaired) electrons. The third-order valence-electron chi connectivity index (χ3n) is 5.59. The Kier molecular flexibility index (Phi) is 7.23. The molecule has 1 atom stereocenters. The first-order valence-corrected chi connectivity index (χ1v) is 12.9. The fourth-order valence-electron chi connectivity index (χ4n) is 4.01. The summed E-state index contributed by atoms with van der Waals surface area (Å²) in [5, 5.41) is 0. The molecule has 2 aliphatic heterocycles. The topological polar surface area (TPSA) is 99.3 Å². The quantitative estimate of drug-likeness (QED) is 0.640. The van der Waals surface area contributed by atoms with Gasteiger partial charge in [0.05, 0.1) is 11.4 Å². The molecule has 2 aliphatic rings. The number of carbonyl (C=O) groups is 2. The van der Waals surface area contributed by atoms with Crippen LogP contribution in [0.15, 0.2) is 21.5 Å². The average Bonchev–Trinajstić information content (AvgIpc) is 3.08. The van der Waals surface area contributed by atoms with Crippen LogP contribution in [0.5, 0.6) is 0 Å². The summed E-state index contributed by atoms with van der Waals surface area (Å²) < 4.78 is 32.9. The molecule has 0 aliphatic carbocycles. The fourth-order valence-corrected chi connectivity index (χ4v) is 5.84. The number of ether oxygens (including phenoxy) is 1. The molecule has 1 fully saturated rings. The van der Waals surface area contributed by atoms with Crippen LogP contribution < -0.4 is 9.62 Å². The van der Waals surface area contributed by atoms with E-state index in [2.05, 4.69) is 20.7 Å². The molecule has 0 spiro atoms. The number of carbonyl (C=O) groups excluding carboxylic acids is 2. The second-order valence-corrected chi connectivity index (χ2v) is 11.9. The van der Waals surface area contributed by atoms with E-state index in [0.29, 0.717) is 42.8 Å². The van der Waals surface area contributed by atoms with E-state index in [9.17, 15) is 18.0 Å². The Morgan fingerprint density at radius 2 is 1.91 bits per heavy atom. The van der Waals surface area contributed by atoms with E-state index in [1.165, 1.54) is 7.05 Å². The predicted molar refractivity (Wildman–Crippen MR) is 125 cm³/mol. The molecule has 1 aromatic rings. The standard InChI is InChI=1S/C21H31BrN4O5S/c1-14-12-24(8-9-25(14)20(28)31-21(2,3)4)13-19(27)26-7-6-15-10-16(22)18(11-17(15)26)32(29,30)23-5/h10-11,14,23H,6-9,12-13H2,1-5H3/t14-/m1/s1. The molecule has 3 rings (SSSR count). The number of piperazine rings is 1. The minimum atomic E-state index is -3.66. The highest BCUT2D eigenvalue weighted by Gasteiger charge is 2.34. The van der Waals surface area contributed by atoms with Crippen LogP contribution in [0, 0.1) is 0 Å². The summed E-state index contributed by atoms with van der Waals surface area (Å²) in [6.45, 7) is 9.78. The van der Waals surface area contributed by atoms with Crippen LogP contribution >= 0.6 is 15.9 Å². The minimum absolute atomic E-state index is 0.0828. The number of hydrogen-bond acceptors (Lipinski definition) is 6. The molecular formula is C21H31BrN4O5S. The Hall–Kier alpha value is -1.69. The van der Waals surface area contributed by atoms with E-state index < -0.39 is 15.6 Å². The van der Waals surface area contributed by atoms with E-state index >= 15 is 0 Å². The van der Waals surface area contributed by atoms with Crippen molar-refractivity contribution in [1.82, 2.24) is 14.5 Å². The van der Waals surface area contributed by atoms with E-state index in [0.717, 1.165) is 5.56 Å². The van der Waals surface area contributed by atoms with Crippen LogP contribution in [0.3, 0.4) is 0 Å². The Labute approximate surface area is 198 Å². The molecule has 11 heteroatoms. The van der Waals surface area contributed by atoms with Gasteiger partial charge in [-0.1, -0.05) is 0 Å². The summed E-state index contributed by atoms with van der Waals surface area (Å²) in [5.74, 6) is -0.0863. The number of rotatable bonds is 4. The van der Waals surface area contributed by atoms with Gasteiger partial charge >= 0.3 is 6.09 Å². The molecule has 2 amide bonds. The Bertz CT molecular complexity index is 1010. The van der Waals surface area contributed by atoms with E-state index in [4.69, 9.17) is 4.74 Å². The normalized spacial score (nSPS) is 19.8. The second kappa shape index (κ2) is 9.28. The molecule has 32 heavy (non-hydrogen) atoms. The van der Waals surface area contributed by atoms with Gasteiger partial charge in [-0.3, -0.25) is 9.69 Å². The van der Waals surface area contributed by atoms with Crippen molar-refractivity contribution in [2.24, 2.45) is 0 Å². The van der Waals surface area contributed by atoms with Crippen LogP contribution in [0.25, 0.3) is 0 Å². The number of benzene rings is 1. The average molecular weight is 531 g/mol. The maximum atomic E-state index is 13.1. The second-order valence-electron chi connectivity index (χ2n) is 9.17. The monoisotopic (exact) mass is 530 g/mol. The van der Waals surface area contributed by atoms with E-state index in [1.54, 1.807) is 21.9 Å². The van der Waals surface area contributed by atoms with Gasteiger partial charge in [0.1, 0.15) is 5.60 Å². The molecule has 178 valence electrons. The molecule has 9 nitrogen and oxygen atoms in total. The lowest BCUT2D eigenvalue weighted by atomic mass is 10.1. The lowest BCUT2D eigenvalue weighted by Crippen LogP contribution is -2.56. The first-order chi connectivity index (χ1) is 14.8. The smallest absolute Gasteiger partial charge is 0.410 e. The molecule has 1 aromatic carbocycles. The maximum absolute atomic E-state index is 13.1. The maximum Gasteiger partial charge on any atom is 0.410 e. The van der Waals surface area contributed by atoms with Crippen molar-refractivity contribution in [1.29, 1.82) is 0 Å². The van der Waals surface area contributed by atoms with Crippen molar-refractivity contribution < 1.29 is 22.7 Å². The molecule has 1 N–H and O–H groups in total. The van der Waals surface area contributed by atoms with Gasteiger partial charge in [0.2, 0.25) is 15.9 Å². The number of anilines is 1. The Balaban J connectivity index is 1.68. The molecule has 1 saturated heterocycles. The molecule has 0 bridgehead atoms. The zero-order chi connectivity index (χ0) is 23.8. The van der Waals surface area contributed by atoms with Crippen LogP contribution in [0.1, 0.15) is 33.3 Å². The lowest BCUT2D eigenvalue weighted by Gasteiger charge is -2.40. The van der Waals surface area contributed by atoms with Crippen molar-refractivity contribution in [3.05, 3.63) is 22.2 Å². The summed E-state index contributed by atoms with van der Waals surface area (Å²) in [6.07, 6.45) is 0.329. The number of halogens is 1. The van der Waals surface area contributed by atoms with Crippen LogP contribution in [0.2, 0.25) is 0 Å². The van der Waals surface area contributed by atoms with E-state index in [1.807, 2.05) is 32.6 Å². The van der Waals surface area contributed by atoms with Crippen molar-refractivity contribution in [3.63, 3.8) is 0 Å². The van der Waals surface area contributed by atoms with Gasteiger partial charge in [-0.2, -0.15) is 0 Å². The molecule has 0 saturated carbocycles. The third kappa shape index (κ3) is 5.44. The van der Waals surface area contributed by atoms with Gasteiger partial charge in [0, 0.05) is 42.4 Å². The SMILES string of the molecule is CNS(=O)(=O)c1cc2c(cc1Br)CCN2C(=O)CN1CCN(C(=O)OC(C)(C)C)[C@H](C)C1. The number of fused-ring (bicyclic) bond motifs is 1. The zero-order valence-electron chi connectivity index (χ0n) is 19.1. The summed E-state index contributed by atoms with van der Waals surface area (Å²) in [7, 11) is -2.30. The summed E-state index contributed by atoms with van der Waals surface area (Å²) >= 11 is 3.33. The summed E-state index contributed by atoms with van der Waals surface area (Å²) in [5.41, 5.74) is 1.01. The van der Waals surface area contributed by atoms with Crippen LogP contribution in [-0.4, -0.2) is 81.6 Å². The van der Waals surface area contributed by atoms with Gasteiger partial charge in [0.25, 0.3) is 0 Å². The van der Waals surface area contributed by atoms with Crippen molar-refractivity contribution in [2.75, 3.05) is 44.7 Å². The first-order valence-electron chi connectivity index (χ1n) is 10.6. The minimum Gasteiger partial charge on any atom is -0.444 e. The Morgan fingerprint density at radius 1 is 1.22 bits per heavy atom.